The summed E-state index contributed by atoms with van der Waals surface area (Å²) >= 11 is 0. The summed E-state index contributed by atoms with van der Waals surface area (Å²) in [6.07, 6.45) is 4.02. The van der Waals surface area contributed by atoms with E-state index in [1.54, 1.807) is 0 Å². The number of fused-ring (bicyclic) bond motifs is 1. The van der Waals surface area contributed by atoms with E-state index in [9.17, 15) is 0 Å². The van der Waals surface area contributed by atoms with Gasteiger partial charge < -0.3 is 0 Å². The molecule has 0 N–H and O–H groups in total. The van der Waals surface area contributed by atoms with Crippen molar-refractivity contribution in [2.24, 2.45) is 7.05 Å². The Morgan fingerprint density at radius 2 is 2.00 bits per heavy atom. The van der Waals surface area contributed by atoms with Crippen molar-refractivity contribution in [1.29, 1.82) is 0 Å². The molecule has 0 spiro atoms. The summed E-state index contributed by atoms with van der Waals surface area (Å²) in [6, 6.07) is 11.4. The molecule has 0 aliphatic heterocycles. The molecule has 0 aliphatic carbocycles. The Balaban J connectivity index is 0.000000720. The van der Waals surface area contributed by atoms with Gasteiger partial charge in [0, 0.05) is 32.7 Å². The molecule has 0 fully saturated rings. The van der Waals surface area contributed by atoms with Crippen LogP contribution in [0.25, 0.3) is 10.8 Å². The second kappa shape index (κ2) is 4.11. The number of aryl methyl sites for hydroxylation is 1. The van der Waals surface area contributed by atoms with Gasteiger partial charge in [-0.1, -0.05) is 11.5 Å². The fourth-order valence-corrected chi connectivity index (χ4v) is 1.17. The first-order valence-electron chi connectivity index (χ1n) is 3.62. The molecule has 2 rings (SSSR count). The summed E-state index contributed by atoms with van der Waals surface area (Å²) in [5, 5.41) is 2.41. The predicted octanol–water partition coefficient (Wildman–Crippen LogP) is 1.46. The minimum atomic E-state index is 0. The van der Waals surface area contributed by atoms with Gasteiger partial charge in [0.2, 0.25) is 0 Å². The monoisotopic (exact) mass is 232 g/mol. The van der Waals surface area contributed by atoms with Crippen molar-refractivity contribution in [3.8, 4) is 0 Å². The number of rotatable bonds is 0. The van der Waals surface area contributed by atoms with E-state index in [1.807, 2.05) is 29.9 Å². The third-order valence-corrected chi connectivity index (χ3v) is 1.73. The van der Waals surface area contributed by atoms with Crippen LogP contribution in [-0.2, 0) is 39.8 Å². The number of benzene rings is 1. The van der Waals surface area contributed by atoms with E-state index >= 15 is 0 Å². The second-order valence-electron chi connectivity index (χ2n) is 2.66. The smallest absolute Gasteiger partial charge is 0.136 e. The van der Waals surface area contributed by atoms with Crippen molar-refractivity contribution in [3.05, 3.63) is 42.7 Å². The molecule has 2 heteroatoms. The molecule has 0 atom stereocenters. The summed E-state index contributed by atoms with van der Waals surface area (Å²) in [6.45, 7) is 0. The number of aromatic nitrogens is 1. The Kier molecular flexibility index (Phi) is 3.36. The van der Waals surface area contributed by atoms with Crippen LogP contribution in [0.2, 0.25) is 0 Å². The van der Waals surface area contributed by atoms with E-state index in [0.717, 1.165) is 0 Å². The Labute approximate surface area is 97.3 Å². The molecule has 0 saturated carbocycles. The summed E-state index contributed by atoms with van der Waals surface area (Å²) < 4.78 is 2.00. The molecule has 1 heterocycles. The first-order valence-corrected chi connectivity index (χ1v) is 3.62. The molecule has 12 heavy (non-hydrogen) atoms. The van der Waals surface area contributed by atoms with Gasteiger partial charge in [-0.25, -0.2) is 4.57 Å². The zero-order valence-electron chi connectivity index (χ0n) is 6.99. The molecule has 0 unspecified atom stereocenters. The summed E-state index contributed by atoms with van der Waals surface area (Å²) in [4.78, 5) is 0. The normalized spacial score (nSPS) is 9.42. The van der Waals surface area contributed by atoms with E-state index in [1.165, 1.54) is 10.8 Å². The Morgan fingerprint density at radius 1 is 1.25 bits per heavy atom. The van der Waals surface area contributed by atoms with Crippen LogP contribution in [0.15, 0.2) is 36.7 Å². The van der Waals surface area contributed by atoms with Gasteiger partial charge in [-0.05, 0) is 0 Å². The minimum Gasteiger partial charge on any atom is -0.230 e. The molecule has 1 aromatic carbocycles. The van der Waals surface area contributed by atoms with E-state index in [4.69, 9.17) is 0 Å². The Hall–Kier alpha value is -0.266. The second-order valence-corrected chi connectivity index (χ2v) is 2.66. The molecule has 0 amide bonds. The summed E-state index contributed by atoms with van der Waals surface area (Å²) in [5.41, 5.74) is 0. The van der Waals surface area contributed by atoms with E-state index in [2.05, 4.69) is 24.4 Å². The van der Waals surface area contributed by atoms with Crippen LogP contribution >= 0.6 is 0 Å². The fourth-order valence-electron chi connectivity index (χ4n) is 1.17. The Bertz CT molecular complexity index is 384. The maximum atomic E-state index is 3.18. The standard InChI is InChI=1S/C10H9N.Y/c1-11-7-6-9-4-2-3-5-10(9)8-11;/h2-5,7-8H,1H3;. The molecule has 57 valence electrons. The van der Waals surface area contributed by atoms with Crippen LogP contribution < -0.4 is 4.57 Å². The average Bonchev–Trinajstić information content (AvgIpc) is 2.04. The molecular formula is C10H9NY. The van der Waals surface area contributed by atoms with Crippen LogP contribution in [0, 0.1) is 6.07 Å². The Morgan fingerprint density at radius 3 is 2.83 bits per heavy atom. The van der Waals surface area contributed by atoms with Crippen LogP contribution in [0.4, 0.5) is 0 Å². The fraction of sp³-hybridized carbons (Fsp3) is 0.100. The van der Waals surface area contributed by atoms with Crippen molar-refractivity contribution in [2.75, 3.05) is 0 Å². The maximum Gasteiger partial charge on any atom is 0.136 e. The number of nitrogens with zero attached hydrogens (tertiary/aromatic N) is 1. The van der Waals surface area contributed by atoms with Crippen molar-refractivity contribution >= 4 is 10.8 Å². The molecule has 0 bridgehead atoms. The third-order valence-electron chi connectivity index (χ3n) is 1.73. The zero-order chi connectivity index (χ0) is 7.68. The van der Waals surface area contributed by atoms with Crippen molar-refractivity contribution in [3.63, 3.8) is 0 Å². The van der Waals surface area contributed by atoms with Crippen LogP contribution in [0.3, 0.4) is 0 Å². The van der Waals surface area contributed by atoms with Crippen molar-refractivity contribution in [1.82, 2.24) is 0 Å². The molecule has 0 saturated heterocycles. The van der Waals surface area contributed by atoms with E-state index in [-0.39, 0.29) is 32.7 Å². The van der Waals surface area contributed by atoms with Crippen LogP contribution in [0.5, 0.6) is 0 Å². The first kappa shape index (κ1) is 9.82. The van der Waals surface area contributed by atoms with Crippen LogP contribution in [-0.4, -0.2) is 0 Å². The van der Waals surface area contributed by atoms with Gasteiger partial charge in [-0.15, -0.1) is 18.2 Å². The topological polar surface area (TPSA) is 3.88 Å². The van der Waals surface area contributed by atoms with Gasteiger partial charge in [-0.2, -0.15) is 11.5 Å². The van der Waals surface area contributed by atoms with Gasteiger partial charge in [0.1, 0.15) is 19.4 Å². The molecule has 1 aromatic heterocycles. The quantitative estimate of drug-likeness (QED) is 0.478. The third kappa shape index (κ3) is 1.91. The average molecular weight is 232 g/mol. The molecule has 2 aromatic rings. The van der Waals surface area contributed by atoms with Crippen molar-refractivity contribution < 1.29 is 37.3 Å². The van der Waals surface area contributed by atoms with Gasteiger partial charge >= 0.3 is 0 Å². The molecule has 0 aliphatic rings. The minimum absolute atomic E-state index is 0. The van der Waals surface area contributed by atoms with E-state index in [0.29, 0.717) is 0 Å². The summed E-state index contributed by atoms with van der Waals surface area (Å²) in [7, 11) is 2.00. The van der Waals surface area contributed by atoms with Crippen LogP contribution in [0.1, 0.15) is 0 Å². The SMILES string of the molecule is C[n+]1c[c-]c2ccccc2c1.[Y]. The predicted molar refractivity (Wildman–Crippen MR) is 44.0 cm³/mol. The molecule has 1 radical (unpaired) electrons. The van der Waals surface area contributed by atoms with E-state index < -0.39 is 0 Å². The first-order chi connectivity index (χ1) is 5.36. The van der Waals surface area contributed by atoms with Gasteiger partial charge in [0.15, 0.2) is 0 Å². The zero-order valence-corrected chi connectivity index (χ0v) is 9.83. The number of hydrogen-bond acceptors (Lipinski definition) is 0. The maximum absolute atomic E-state index is 3.18. The van der Waals surface area contributed by atoms with Crippen molar-refractivity contribution in [2.45, 2.75) is 0 Å². The summed E-state index contributed by atoms with van der Waals surface area (Å²) in [5.74, 6) is 0. The number of pyridine rings is 1. The molecular weight excluding hydrogens is 223 g/mol. The largest absolute Gasteiger partial charge is 0.230 e. The van der Waals surface area contributed by atoms with Gasteiger partial charge in [0.25, 0.3) is 0 Å². The number of hydrogen-bond donors (Lipinski definition) is 0. The molecule has 1 nitrogen and oxygen atoms in total. The van der Waals surface area contributed by atoms with Gasteiger partial charge in [-0.3, -0.25) is 0 Å². The van der Waals surface area contributed by atoms with Gasteiger partial charge in [0.05, 0.1) is 0 Å².